The Balaban J connectivity index is 4.35. The first-order valence-electron chi connectivity index (χ1n) is 5.39. The van der Waals surface area contributed by atoms with Gasteiger partial charge in [0.05, 0.1) is 6.04 Å². The normalized spacial score (nSPS) is 12.7. The molecule has 0 aromatic heterocycles. The van der Waals surface area contributed by atoms with Gasteiger partial charge in [-0.2, -0.15) is 0 Å². The van der Waals surface area contributed by atoms with Crippen molar-refractivity contribution in [1.29, 1.82) is 0 Å². The van der Waals surface area contributed by atoms with Crippen LogP contribution in [0.1, 0.15) is 40.5 Å². The van der Waals surface area contributed by atoms with Gasteiger partial charge < -0.3 is 15.2 Å². The van der Waals surface area contributed by atoms with Gasteiger partial charge in [-0.1, -0.05) is 6.92 Å². The first-order valence-corrected chi connectivity index (χ1v) is 5.39. The molecule has 0 spiro atoms. The van der Waals surface area contributed by atoms with Crippen LogP contribution in [0.2, 0.25) is 0 Å². The van der Waals surface area contributed by atoms with E-state index >= 15 is 0 Å². The number of hydrogen-bond acceptors (Lipinski definition) is 4. The fourth-order valence-electron chi connectivity index (χ4n) is 1.13. The molecule has 1 amide bonds. The van der Waals surface area contributed by atoms with Crippen LogP contribution in [0.4, 0.5) is 4.79 Å². The monoisotopic (exact) mass is 245 g/mol. The number of carbonyl (C=O) groups is 3. The van der Waals surface area contributed by atoms with E-state index in [0.717, 1.165) is 0 Å². The highest BCUT2D eigenvalue weighted by Crippen LogP contribution is 2.07. The zero-order chi connectivity index (χ0) is 13.6. The van der Waals surface area contributed by atoms with Gasteiger partial charge in [-0.15, -0.1) is 0 Å². The summed E-state index contributed by atoms with van der Waals surface area (Å²) < 4.78 is 4.98. The van der Waals surface area contributed by atoms with Crippen molar-refractivity contribution in [2.24, 2.45) is 0 Å². The lowest BCUT2D eigenvalue weighted by atomic mass is 10.1. The quantitative estimate of drug-likeness (QED) is 0.713. The van der Waals surface area contributed by atoms with E-state index in [-0.39, 0.29) is 0 Å². The Morgan fingerprint density at radius 1 is 1.29 bits per heavy atom. The van der Waals surface area contributed by atoms with Crippen molar-refractivity contribution in [2.75, 3.05) is 0 Å². The van der Waals surface area contributed by atoms with Crippen LogP contribution in [0.25, 0.3) is 0 Å². The molecule has 0 heterocycles. The van der Waals surface area contributed by atoms with E-state index in [1.54, 1.807) is 27.7 Å². The van der Waals surface area contributed by atoms with Crippen LogP contribution >= 0.6 is 0 Å². The lowest BCUT2D eigenvalue weighted by Gasteiger charge is -2.22. The van der Waals surface area contributed by atoms with Crippen LogP contribution in [0, 0.1) is 0 Å². The maximum atomic E-state index is 11.4. The van der Waals surface area contributed by atoms with Gasteiger partial charge in [-0.3, -0.25) is 9.59 Å². The third kappa shape index (κ3) is 7.32. The molecule has 1 atom stereocenters. The van der Waals surface area contributed by atoms with Crippen molar-refractivity contribution in [3.63, 3.8) is 0 Å². The number of rotatable bonds is 5. The Morgan fingerprint density at radius 3 is 2.18 bits per heavy atom. The van der Waals surface area contributed by atoms with E-state index in [9.17, 15) is 14.4 Å². The molecule has 0 aliphatic rings. The predicted octanol–water partition coefficient (Wildman–Crippen LogP) is 1.33. The molecule has 0 radical (unpaired) electrons. The van der Waals surface area contributed by atoms with E-state index in [1.165, 1.54) is 0 Å². The third-order valence-corrected chi connectivity index (χ3v) is 1.81. The Kier molecular flexibility index (Phi) is 5.64. The fraction of sp³-hybridized carbons (Fsp3) is 0.727. The summed E-state index contributed by atoms with van der Waals surface area (Å²) in [5.74, 6) is -1.75. The maximum Gasteiger partial charge on any atom is 0.408 e. The van der Waals surface area contributed by atoms with Crippen LogP contribution in [0.5, 0.6) is 0 Å². The third-order valence-electron chi connectivity index (χ3n) is 1.81. The minimum Gasteiger partial charge on any atom is -0.481 e. The molecule has 0 saturated carbocycles. The Morgan fingerprint density at radius 2 is 1.82 bits per heavy atom. The molecule has 2 N–H and O–H groups in total. The number of ether oxygens (including phenoxy) is 1. The number of aliphatic carboxylic acids is 1. The zero-order valence-electron chi connectivity index (χ0n) is 10.6. The summed E-state index contributed by atoms with van der Waals surface area (Å²) >= 11 is 0. The summed E-state index contributed by atoms with van der Waals surface area (Å²) in [5, 5.41) is 10.8. The standard InChI is InChI=1S/C11H19NO5/c1-5-7(8(13)6-9(14)15)12-10(16)17-11(2,3)4/h7H,5-6H2,1-4H3,(H,12,16)(H,14,15)/t7-/m0/s1. The number of nitrogens with one attached hydrogen (secondary N) is 1. The number of alkyl carbamates (subject to hydrolysis) is 1. The molecule has 0 aromatic carbocycles. The molecule has 6 heteroatoms. The second-order valence-corrected chi connectivity index (χ2v) is 4.64. The second-order valence-electron chi connectivity index (χ2n) is 4.64. The van der Waals surface area contributed by atoms with Gasteiger partial charge >= 0.3 is 12.1 Å². The lowest BCUT2D eigenvalue weighted by Crippen LogP contribution is -2.43. The van der Waals surface area contributed by atoms with Crippen molar-refractivity contribution < 1.29 is 24.2 Å². The highest BCUT2D eigenvalue weighted by molar-refractivity contribution is 5.98. The van der Waals surface area contributed by atoms with Crippen LogP contribution in [-0.2, 0) is 14.3 Å². The molecule has 0 aromatic rings. The summed E-state index contributed by atoms with van der Waals surface area (Å²) in [6.45, 7) is 6.79. The SMILES string of the molecule is CC[C@H](NC(=O)OC(C)(C)C)C(=O)CC(=O)O. The van der Waals surface area contributed by atoms with E-state index in [0.29, 0.717) is 6.42 Å². The number of ketones is 1. The first kappa shape index (κ1) is 15.4. The molecule has 98 valence electrons. The van der Waals surface area contributed by atoms with Gasteiger partial charge in [-0.05, 0) is 27.2 Å². The Bertz CT molecular complexity index is 305. The van der Waals surface area contributed by atoms with Crippen molar-refractivity contribution in [2.45, 2.75) is 52.2 Å². The average Bonchev–Trinajstić information content (AvgIpc) is 2.09. The molecule has 0 fully saturated rings. The molecular weight excluding hydrogens is 226 g/mol. The number of Topliss-reactive ketones (excluding diaryl/α,β-unsaturated/α-hetero) is 1. The second kappa shape index (κ2) is 6.22. The number of carbonyl (C=O) groups excluding carboxylic acids is 2. The van der Waals surface area contributed by atoms with Crippen molar-refractivity contribution in [3.05, 3.63) is 0 Å². The molecule has 0 bridgehead atoms. The van der Waals surface area contributed by atoms with Gasteiger partial charge in [0.25, 0.3) is 0 Å². The van der Waals surface area contributed by atoms with E-state index in [1.807, 2.05) is 0 Å². The van der Waals surface area contributed by atoms with Crippen LogP contribution in [-0.4, -0.2) is 34.6 Å². The zero-order valence-corrected chi connectivity index (χ0v) is 10.6. The molecule has 0 rings (SSSR count). The van der Waals surface area contributed by atoms with Gasteiger partial charge in [-0.25, -0.2) is 4.79 Å². The minimum absolute atomic E-state index is 0.325. The van der Waals surface area contributed by atoms with Crippen LogP contribution in [0.15, 0.2) is 0 Å². The van der Waals surface area contributed by atoms with Crippen LogP contribution in [0.3, 0.4) is 0 Å². The molecule has 0 saturated heterocycles. The number of hydrogen-bond donors (Lipinski definition) is 2. The number of carboxylic acids is 1. The highest BCUT2D eigenvalue weighted by atomic mass is 16.6. The van der Waals surface area contributed by atoms with Gasteiger partial charge in [0.2, 0.25) is 0 Å². The summed E-state index contributed by atoms with van der Waals surface area (Å²) in [6.07, 6.45) is -0.997. The number of carboxylic acid groups (broad SMARTS) is 1. The Labute approximate surface area is 100 Å². The van der Waals surface area contributed by atoms with Crippen molar-refractivity contribution in [1.82, 2.24) is 5.32 Å². The van der Waals surface area contributed by atoms with Crippen LogP contribution < -0.4 is 5.32 Å². The van der Waals surface area contributed by atoms with Crippen molar-refractivity contribution >= 4 is 17.8 Å². The fourth-order valence-corrected chi connectivity index (χ4v) is 1.13. The molecular formula is C11H19NO5. The van der Waals surface area contributed by atoms with Gasteiger partial charge in [0.15, 0.2) is 5.78 Å². The predicted molar refractivity (Wildman–Crippen MR) is 60.7 cm³/mol. The Hall–Kier alpha value is -1.59. The lowest BCUT2D eigenvalue weighted by molar-refractivity contribution is -0.140. The van der Waals surface area contributed by atoms with Crippen molar-refractivity contribution in [3.8, 4) is 0 Å². The van der Waals surface area contributed by atoms with Gasteiger partial charge in [0.1, 0.15) is 12.0 Å². The molecule has 0 unspecified atom stereocenters. The maximum absolute atomic E-state index is 11.4. The van der Waals surface area contributed by atoms with E-state index in [2.05, 4.69) is 5.32 Å². The molecule has 6 nitrogen and oxygen atoms in total. The minimum atomic E-state index is -1.21. The molecule has 0 aliphatic heterocycles. The smallest absolute Gasteiger partial charge is 0.408 e. The largest absolute Gasteiger partial charge is 0.481 e. The van der Waals surface area contributed by atoms with E-state index in [4.69, 9.17) is 9.84 Å². The summed E-state index contributed by atoms with van der Waals surface area (Å²) in [5.41, 5.74) is -0.655. The highest BCUT2D eigenvalue weighted by Gasteiger charge is 2.24. The first-order chi connectivity index (χ1) is 7.65. The summed E-state index contributed by atoms with van der Waals surface area (Å²) in [6, 6.07) is -0.819. The topological polar surface area (TPSA) is 92.7 Å². The number of amides is 1. The average molecular weight is 245 g/mol. The molecule has 0 aliphatic carbocycles. The molecule has 17 heavy (non-hydrogen) atoms. The summed E-state index contributed by atoms with van der Waals surface area (Å²) in [7, 11) is 0. The summed E-state index contributed by atoms with van der Waals surface area (Å²) in [4.78, 5) is 33.2. The van der Waals surface area contributed by atoms with Gasteiger partial charge in [0, 0.05) is 0 Å². The van der Waals surface area contributed by atoms with E-state index < -0.39 is 35.9 Å².